The second-order valence-corrected chi connectivity index (χ2v) is 4.81. The summed E-state index contributed by atoms with van der Waals surface area (Å²) >= 11 is 0. The summed E-state index contributed by atoms with van der Waals surface area (Å²) in [5.74, 6) is 1.48. The van der Waals surface area contributed by atoms with Crippen molar-refractivity contribution in [2.24, 2.45) is 0 Å². The Kier molecular flexibility index (Phi) is 3.59. The van der Waals surface area contributed by atoms with Gasteiger partial charge in [0, 0.05) is 24.0 Å². The SMILES string of the molecule is C=CCC(C)Nc1ncnc2[nH]c(-c3ccncc3)nc12. The van der Waals surface area contributed by atoms with E-state index in [2.05, 4.69) is 43.7 Å². The van der Waals surface area contributed by atoms with Gasteiger partial charge >= 0.3 is 0 Å². The predicted molar refractivity (Wildman–Crippen MR) is 82.8 cm³/mol. The van der Waals surface area contributed by atoms with Gasteiger partial charge in [0.15, 0.2) is 17.0 Å². The number of aromatic amines is 1. The third-order valence-corrected chi connectivity index (χ3v) is 3.14. The lowest BCUT2D eigenvalue weighted by atomic mass is 10.2. The lowest BCUT2D eigenvalue weighted by molar-refractivity contribution is 0.808. The maximum absolute atomic E-state index is 4.60. The monoisotopic (exact) mass is 280 g/mol. The van der Waals surface area contributed by atoms with E-state index in [1.165, 1.54) is 6.33 Å². The Morgan fingerprint density at radius 3 is 2.90 bits per heavy atom. The molecule has 6 nitrogen and oxygen atoms in total. The first kappa shape index (κ1) is 13.2. The van der Waals surface area contributed by atoms with E-state index in [1.807, 2.05) is 18.2 Å². The summed E-state index contributed by atoms with van der Waals surface area (Å²) in [6, 6.07) is 4.04. The average molecular weight is 280 g/mol. The molecule has 0 aliphatic rings. The molecule has 1 unspecified atom stereocenters. The number of nitrogens with one attached hydrogen (secondary N) is 2. The van der Waals surface area contributed by atoms with Gasteiger partial charge in [0.25, 0.3) is 0 Å². The minimum atomic E-state index is 0.238. The van der Waals surface area contributed by atoms with Gasteiger partial charge < -0.3 is 10.3 Å². The molecule has 0 aliphatic heterocycles. The van der Waals surface area contributed by atoms with Crippen molar-refractivity contribution in [1.29, 1.82) is 0 Å². The average Bonchev–Trinajstić information content (AvgIpc) is 2.94. The minimum absolute atomic E-state index is 0.238. The van der Waals surface area contributed by atoms with E-state index >= 15 is 0 Å². The Labute approximate surface area is 122 Å². The molecule has 0 saturated heterocycles. The number of H-pyrrole nitrogens is 1. The molecule has 0 aliphatic carbocycles. The molecule has 3 aromatic heterocycles. The third-order valence-electron chi connectivity index (χ3n) is 3.14. The lowest BCUT2D eigenvalue weighted by Crippen LogP contribution is -2.15. The fraction of sp³-hybridized carbons (Fsp3) is 0.200. The molecule has 1 atom stereocenters. The third kappa shape index (κ3) is 2.74. The number of nitrogens with zero attached hydrogens (tertiary/aromatic N) is 4. The molecule has 6 heteroatoms. The smallest absolute Gasteiger partial charge is 0.163 e. The van der Waals surface area contributed by atoms with E-state index in [4.69, 9.17) is 0 Å². The minimum Gasteiger partial charge on any atom is -0.365 e. The first-order valence-corrected chi connectivity index (χ1v) is 6.76. The summed E-state index contributed by atoms with van der Waals surface area (Å²) in [6.45, 7) is 5.82. The number of anilines is 1. The van der Waals surface area contributed by atoms with E-state index in [-0.39, 0.29) is 6.04 Å². The standard InChI is InChI=1S/C15H16N6/c1-3-4-10(2)19-14-12-15(18-9-17-14)21-13(20-12)11-5-7-16-8-6-11/h3,5-10H,1,4H2,2H3,(H2,17,18,19,20,21). The summed E-state index contributed by atoms with van der Waals surface area (Å²) in [5, 5.41) is 3.33. The van der Waals surface area contributed by atoms with Crippen molar-refractivity contribution in [2.75, 3.05) is 5.32 Å². The van der Waals surface area contributed by atoms with Gasteiger partial charge in [-0.15, -0.1) is 6.58 Å². The van der Waals surface area contributed by atoms with Gasteiger partial charge in [0.2, 0.25) is 0 Å². The van der Waals surface area contributed by atoms with E-state index in [1.54, 1.807) is 12.4 Å². The molecule has 0 fully saturated rings. The predicted octanol–water partition coefficient (Wildman–Crippen LogP) is 2.79. The van der Waals surface area contributed by atoms with Crippen molar-refractivity contribution < 1.29 is 0 Å². The van der Waals surface area contributed by atoms with Gasteiger partial charge in [-0.1, -0.05) is 6.08 Å². The number of aromatic nitrogens is 5. The topological polar surface area (TPSA) is 79.4 Å². The van der Waals surface area contributed by atoms with Crippen molar-refractivity contribution in [3.05, 3.63) is 43.5 Å². The zero-order valence-corrected chi connectivity index (χ0v) is 11.7. The van der Waals surface area contributed by atoms with Gasteiger partial charge in [-0.2, -0.15) is 0 Å². The Balaban J connectivity index is 1.99. The molecule has 0 amide bonds. The van der Waals surface area contributed by atoms with Gasteiger partial charge in [-0.25, -0.2) is 15.0 Å². The van der Waals surface area contributed by atoms with E-state index in [9.17, 15) is 0 Å². The van der Waals surface area contributed by atoms with Crippen LogP contribution in [0.4, 0.5) is 5.82 Å². The molecule has 0 saturated carbocycles. The molecule has 0 aromatic carbocycles. The zero-order chi connectivity index (χ0) is 14.7. The van der Waals surface area contributed by atoms with Crippen molar-refractivity contribution in [1.82, 2.24) is 24.9 Å². The number of hydrogen-bond donors (Lipinski definition) is 2. The molecule has 0 bridgehead atoms. The van der Waals surface area contributed by atoms with Crippen molar-refractivity contribution in [3.63, 3.8) is 0 Å². The Morgan fingerprint density at radius 2 is 2.14 bits per heavy atom. The quantitative estimate of drug-likeness (QED) is 0.702. The second-order valence-electron chi connectivity index (χ2n) is 4.81. The molecule has 3 rings (SSSR count). The highest BCUT2D eigenvalue weighted by Gasteiger charge is 2.12. The zero-order valence-electron chi connectivity index (χ0n) is 11.7. The van der Waals surface area contributed by atoms with Gasteiger partial charge in [0.05, 0.1) is 0 Å². The molecule has 0 spiro atoms. The number of hydrogen-bond acceptors (Lipinski definition) is 5. The molecular formula is C15H16N6. The van der Waals surface area contributed by atoms with Crippen LogP contribution in [-0.2, 0) is 0 Å². The fourth-order valence-corrected chi connectivity index (χ4v) is 2.12. The second kappa shape index (κ2) is 5.70. The number of fused-ring (bicyclic) bond motifs is 1. The summed E-state index contributed by atoms with van der Waals surface area (Å²) in [6.07, 6.45) is 7.73. The van der Waals surface area contributed by atoms with Crippen LogP contribution in [-0.4, -0.2) is 31.0 Å². The van der Waals surface area contributed by atoms with Crippen LogP contribution in [0.3, 0.4) is 0 Å². The van der Waals surface area contributed by atoms with E-state index < -0.39 is 0 Å². The Hall–Kier alpha value is -2.76. The van der Waals surface area contributed by atoms with Crippen LogP contribution >= 0.6 is 0 Å². The van der Waals surface area contributed by atoms with Crippen LogP contribution in [0, 0.1) is 0 Å². The Morgan fingerprint density at radius 1 is 1.33 bits per heavy atom. The van der Waals surface area contributed by atoms with Gasteiger partial charge in [0.1, 0.15) is 12.2 Å². The summed E-state index contributed by atoms with van der Waals surface area (Å²) in [7, 11) is 0. The first-order chi connectivity index (χ1) is 10.3. The summed E-state index contributed by atoms with van der Waals surface area (Å²) in [5.41, 5.74) is 2.42. The molecule has 3 aromatic rings. The van der Waals surface area contributed by atoms with Crippen LogP contribution in [0.15, 0.2) is 43.5 Å². The molecule has 3 heterocycles. The summed E-state index contributed by atoms with van der Waals surface area (Å²) < 4.78 is 0. The van der Waals surface area contributed by atoms with E-state index in [0.29, 0.717) is 5.65 Å². The van der Waals surface area contributed by atoms with E-state index in [0.717, 1.165) is 29.1 Å². The van der Waals surface area contributed by atoms with Crippen molar-refractivity contribution in [3.8, 4) is 11.4 Å². The number of imidazole rings is 1. The maximum Gasteiger partial charge on any atom is 0.163 e. The van der Waals surface area contributed by atoms with Gasteiger partial charge in [-0.3, -0.25) is 4.98 Å². The van der Waals surface area contributed by atoms with Crippen LogP contribution in [0.2, 0.25) is 0 Å². The summed E-state index contributed by atoms with van der Waals surface area (Å²) in [4.78, 5) is 20.3. The molecule has 2 N–H and O–H groups in total. The highest BCUT2D eigenvalue weighted by atomic mass is 15.1. The van der Waals surface area contributed by atoms with Gasteiger partial charge in [-0.05, 0) is 25.5 Å². The van der Waals surface area contributed by atoms with Crippen molar-refractivity contribution in [2.45, 2.75) is 19.4 Å². The molecule has 106 valence electrons. The molecule has 21 heavy (non-hydrogen) atoms. The molecule has 0 radical (unpaired) electrons. The Bertz CT molecular complexity index is 749. The normalized spacial score (nSPS) is 12.2. The fourth-order valence-electron chi connectivity index (χ4n) is 2.12. The van der Waals surface area contributed by atoms with Crippen LogP contribution in [0.25, 0.3) is 22.6 Å². The van der Waals surface area contributed by atoms with Crippen LogP contribution in [0.1, 0.15) is 13.3 Å². The maximum atomic E-state index is 4.60. The van der Waals surface area contributed by atoms with Crippen molar-refractivity contribution >= 4 is 17.0 Å². The van der Waals surface area contributed by atoms with Crippen LogP contribution < -0.4 is 5.32 Å². The number of rotatable bonds is 5. The lowest BCUT2D eigenvalue weighted by Gasteiger charge is -2.11. The highest BCUT2D eigenvalue weighted by Crippen LogP contribution is 2.22. The largest absolute Gasteiger partial charge is 0.365 e. The first-order valence-electron chi connectivity index (χ1n) is 6.76. The highest BCUT2D eigenvalue weighted by molar-refractivity contribution is 5.85. The molecular weight excluding hydrogens is 264 g/mol. The number of pyridine rings is 1. The van der Waals surface area contributed by atoms with Crippen LogP contribution in [0.5, 0.6) is 0 Å².